The first-order valence-electron chi connectivity index (χ1n) is 6.65. The molecule has 0 radical (unpaired) electrons. The quantitative estimate of drug-likeness (QED) is 0.766. The normalized spacial score (nSPS) is 10.7. The molecule has 2 heterocycles. The van der Waals surface area contributed by atoms with Crippen molar-refractivity contribution in [2.45, 2.75) is 6.92 Å². The lowest BCUT2D eigenvalue weighted by molar-refractivity contribution is 0.100. The molecule has 23 heavy (non-hydrogen) atoms. The van der Waals surface area contributed by atoms with Gasteiger partial charge in [-0.15, -0.1) is 11.3 Å². The summed E-state index contributed by atoms with van der Waals surface area (Å²) >= 11 is 1.21. The number of anilines is 2. The first-order valence-corrected chi connectivity index (χ1v) is 7.47. The minimum atomic E-state index is -0.504. The van der Waals surface area contributed by atoms with Crippen LogP contribution in [-0.2, 0) is 0 Å². The van der Waals surface area contributed by atoms with E-state index in [2.05, 4.69) is 15.3 Å². The topological polar surface area (TPSA) is 90.1 Å². The number of thiophene rings is 1. The van der Waals surface area contributed by atoms with Crippen LogP contribution in [0.15, 0.2) is 24.5 Å². The van der Waals surface area contributed by atoms with Crippen molar-refractivity contribution in [2.24, 2.45) is 5.73 Å². The largest absolute Gasteiger partial charge is 0.494 e. The van der Waals surface area contributed by atoms with Crippen molar-refractivity contribution in [3.63, 3.8) is 0 Å². The van der Waals surface area contributed by atoms with Crippen molar-refractivity contribution in [3.8, 4) is 5.75 Å². The molecule has 0 fully saturated rings. The average molecular weight is 332 g/mol. The van der Waals surface area contributed by atoms with Gasteiger partial charge in [-0.05, 0) is 24.6 Å². The molecule has 0 atom stereocenters. The Bertz CT molecular complexity index is 910. The maximum atomic E-state index is 13.3. The van der Waals surface area contributed by atoms with Gasteiger partial charge in [0.25, 0.3) is 5.91 Å². The number of nitrogens with two attached hydrogens (primary N) is 1. The summed E-state index contributed by atoms with van der Waals surface area (Å²) < 4.78 is 18.5. The molecule has 3 N–H and O–H groups in total. The number of carbonyl (C=O) groups excluding carboxylic acids is 1. The Morgan fingerprint density at radius 1 is 1.39 bits per heavy atom. The molecule has 0 unspecified atom stereocenters. The molecule has 3 aromatic rings. The number of carbonyl (C=O) groups is 1. The summed E-state index contributed by atoms with van der Waals surface area (Å²) in [4.78, 5) is 21.0. The number of rotatable bonds is 4. The number of halogens is 1. The summed E-state index contributed by atoms with van der Waals surface area (Å²) in [5.41, 5.74) is 6.65. The van der Waals surface area contributed by atoms with Gasteiger partial charge < -0.3 is 15.8 Å². The van der Waals surface area contributed by atoms with Crippen molar-refractivity contribution in [3.05, 3.63) is 40.8 Å². The Labute approximate surface area is 135 Å². The minimum Gasteiger partial charge on any atom is -0.494 e. The van der Waals surface area contributed by atoms with Crippen LogP contribution in [-0.4, -0.2) is 23.0 Å². The number of hydrogen-bond acceptors (Lipinski definition) is 6. The predicted molar refractivity (Wildman–Crippen MR) is 86.9 cm³/mol. The monoisotopic (exact) mass is 332 g/mol. The molecule has 0 aliphatic carbocycles. The zero-order chi connectivity index (χ0) is 16.6. The highest BCUT2D eigenvalue weighted by molar-refractivity contribution is 7.20. The van der Waals surface area contributed by atoms with Gasteiger partial charge >= 0.3 is 0 Å². The first-order chi connectivity index (χ1) is 11.0. The lowest BCUT2D eigenvalue weighted by Gasteiger charge is -2.11. The maximum Gasteiger partial charge on any atom is 0.259 e. The fourth-order valence-electron chi connectivity index (χ4n) is 2.30. The molecular weight excluding hydrogens is 319 g/mol. The van der Waals surface area contributed by atoms with Gasteiger partial charge in [0.05, 0.1) is 23.1 Å². The Morgan fingerprint density at radius 2 is 2.17 bits per heavy atom. The number of aromatic nitrogens is 2. The number of hydrogen-bond donors (Lipinski definition) is 2. The lowest BCUT2D eigenvalue weighted by atomic mass is 10.2. The van der Waals surface area contributed by atoms with Crippen molar-refractivity contribution < 1.29 is 13.9 Å². The number of primary amides is 1. The van der Waals surface area contributed by atoms with Crippen LogP contribution in [0.3, 0.4) is 0 Å². The standard InChI is InChI=1S/C15H13FN4O2S/c1-7-11-14(18-6-19-15(11)23-12(7)13(17)21)20-9-4-3-8(16)5-10(9)22-2/h3-6H,1-2H3,(H2,17,21)(H,18,19,20). The third-order valence-electron chi connectivity index (χ3n) is 3.37. The fourth-order valence-corrected chi connectivity index (χ4v) is 3.30. The predicted octanol–water partition coefficient (Wildman–Crippen LogP) is 2.99. The van der Waals surface area contributed by atoms with Gasteiger partial charge in [0.15, 0.2) is 0 Å². The van der Waals surface area contributed by atoms with Crippen molar-refractivity contribution in [2.75, 3.05) is 12.4 Å². The molecule has 0 saturated carbocycles. The molecular formula is C15H13FN4O2S. The molecule has 3 rings (SSSR count). The molecule has 0 saturated heterocycles. The van der Waals surface area contributed by atoms with Crippen LogP contribution in [0, 0.1) is 12.7 Å². The van der Waals surface area contributed by atoms with E-state index in [0.717, 1.165) is 0 Å². The summed E-state index contributed by atoms with van der Waals surface area (Å²) in [6, 6.07) is 4.15. The van der Waals surface area contributed by atoms with Crippen molar-refractivity contribution >= 4 is 39.0 Å². The van der Waals surface area contributed by atoms with E-state index in [-0.39, 0.29) is 0 Å². The number of benzene rings is 1. The zero-order valence-corrected chi connectivity index (χ0v) is 13.2. The third kappa shape index (κ3) is 2.68. The van der Waals surface area contributed by atoms with Gasteiger partial charge in [-0.1, -0.05) is 0 Å². The summed E-state index contributed by atoms with van der Waals surface area (Å²) in [6.45, 7) is 1.79. The molecule has 8 heteroatoms. The second kappa shape index (κ2) is 5.81. The van der Waals surface area contributed by atoms with Crippen LogP contribution in [0.1, 0.15) is 15.2 Å². The smallest absolute Gasteiger partial charge is 0.259 e. The van der Waals surface area contributed by atoms with E-state index in [9.17, 15) is 9.18 Å². The number of nitrogens with one attached hydrogen (secondary N) is 1. The Morgan fingerprint density at radius 3 is 2.87 bits per heavy atom. The Kier molecular flexibility index (Phi) is 3.83. The number of nitrogens with zero attached hydrogens (tertiary/aromatic N) is 2. The Hall–Kier alpha value is -2.74. The summed E-state index contributed by atoms with van der Waals surface area (Å²) in [7, 11) is 1.45. The highest BCUT2D eigenvalue weighted by Gasteiger charge is 2.18. The Balaban J connectivity index is 2.12. The molecule has 0 aliphatic heterocycles. The molecule has 0 aliphatic rings. The van der Waals surface area contributed by atoms with Gasteiger partial charge in [-0.2, -0.15) is 0 Å². The van der Waals surface area contributed by atoms with E-state index < -0.39 is 11.7 Å². The average Bonchev–Trinajstić information content (AvgIpc) is 2.87. The number of methoxy groups -OCH3 is 1. The van der Waals surface area contributed by atoms with E-state index in [1.807, 2.05) is 0 Å². The molecule has 118 valence electrons. The summed E-state index contributed by atoms with van der Waals surface area (Å²) in [5, 5.41) is 3.80. The van der Waals surface area contributed by atoms with E-state index in [4.69, 9.17) is 10.5 Å². The van der Waals surface area contributed by atoms with E-state index in [0.29, 0.717) is 37.9 Å². The van der Waals surface area contributed by atoms with Crippen LogP contribution in [0.25, 0.3) is 10.2 Å². The molecule has 0 bridgehead atoms. The van der Waals surface area contributed by atoms with E-state index >= 15 is 0 Å². The summed E-state index contributed by atoms with van der Waals surface area (Å²) in [5.74, 6) is -0.0558. The second-order valence-corrected chi connectivity index (χ2v) is 5.79. The van der Waals surface area contributed by atoms with Crippen molar-refractivity contribution in [1.29, 1.82) is 0 Å². The first kappa shape index (κ1) is 15.2. The molecule has 1 amide bonds. The number of aryl methyl sites for hydroxylation is 1. The van der Waals surface area contributed by atoms with Gasteiger partial charge in [-0.3, -0.25) is 4.79 Å². The van der Waals surface area contributed by atoms with Gasteiger partial charge in [-0.25, -0.2) is 14.4 Å². The van der Waals surface area contributed by atoms with Crippen LogP contribution in [0.4, 0.5) is 15.9 Å². The maximum absolute atomic E-state index is 13.3. The number of fused-ring (bicyclic) bond motifs is 1. The van der Waals surface area contributed by atoms with E-state index in [1.165, 1.54) is 36.9 Å². The van der Waals surface area contributed by atoms with Crippen LogP contribution in [0.2, 0.25) is 0 Å². The summed E-state index contributed by atoms with van der Waals surface area (Å²) in [6.07, 6.45) is 1.39. The zero-order valence-electron chi connectivity index (χ0n) is 12.4. The van der Waals surface area contributed by atoms with Crippen LogP contribution < -0.4 is 15.8 Å². The van der Waals surface area contributed by atoms with Gasteiger partial charge in [0.2, 0.25) is 0 Å². The third-order valence-corrected chi connectivity index (χ3v) is 4.58. The fraction of sp³-hybridized carbons (Fsp3) is 0.133. The van der Waals surface area contributed by atoms with Crippen LogP contribution >= 0.6 is 11.3 Å². The number of ether oxygens (including phenoxy) is 1. The van der Waals surface area contributed by atoms with Gasteiger partial charge in [0, 0.05) is 6.07 Å². The lowest BCUT2D eigenvalue weighted by Crippen LogP contribution is -2.09. The van der Waals surface area contributed by atoms with Gasteiger partial charge in [0.1, 0.15) is 28.5 Å². The highest BCUT2D eigenvalue weighted by Crippen LogP contribution is 2.36. The molecule has 2 aromatic heterocycles. The van der Waals surface area contributed by atoms with Crippen molar-refractivity contribution in [1.82, 2.24) is 9.97 Å². The molecule has 6 nitrogen and oxygen atoms in total. The minimum absolute atomic E-state index is 0.347. The van der Waals surface area contributed by atoms with E-state index in [1.54, 1.807) is 13.0 Å². The molecule has 0 spiro atoms. The molecule has 1 aromatic carbocycles. The van der Waals surface area contributed by atoms with Crippen LogP contribution in [0.5, 0.6) is 5.75 Å². The number of amides is 1. The second-order valence-electron chi connectivity index (χ2n) is 4.79. The SMILES string of the molecule is COc1cc(F)ccc1Nc1ncnc2sc(C(N)=O)c(C)c12. The highest BCUT2D eigenvalue weighted by atomic mass is 32.1.